The molecule has 1 aliphatic rings. The van der Waals surface area contributed by atoms with Gasteiger partial charge in [-0.2, -0.15) is 0 Å². The molecule has 1 saturated heterocycles. The maximum Gasteiger partial charge on any atom is 0.311 e. The molecule has 2 unspecified atom stereocenters. The lowest BCUT2D eigenvalue weighted by Gasteiger charge is -2.45. The third-order valence-corrected chi connectivity index (χ3v) is 6.88. The number of hydrogen-bond acceptors (Lipinski definition) is 8. The van der Waals surface area contributed by atoms with Crippen molar-refractivity contribution in [2.24, 2.45) is 5.41 Å². The lowest BCUT2D eigenvalue weighted by molar-refractivity contribution is -0.320. The van der Waals surface area contributed by atoms with E-state index in [4.69, 9.17) is 28.4 Å². The summed E-state index contributed by atoms with van der Waals surface area (Å²) in [5.41, 5.74) is 1.17. The third-order valence-electron chi connectivity index (χ3n) is 6.88. The summed E-state index contributed by atoms with van der Waals surface area (Å²) in [5, 5.41) is 10.4. The van der Waals surface area contributed by atoms with Crippen LogP contribution >= 0.6 is 0 Å². The Hall–Kier alpha value is -2.59. The summed E-state index contributed by atoms with van der Waals surface area (Å²) in [6.07, 6.45) is 3.77. The monoisotopic (exact) mass is 584 g/mol. The molecule has 2 aromatic rings. The van der Waals surface area contributed by atoms with Crippen molar-refractivity contribution in [1.82, 2.24) is 0 Å². The van der Waals surface area contributed by atoms with E-state index in [1.807, 2.05) is 60.7 Å². The van der Waals surface area contributed by atoms with E-state index in [1.165, 1.54) is 0 Å². The van der Waals surface area contributed by atoms with Crippen LogP contribution in [-0.2, 0) is 46.4 Å². The summed E-state index contributed by atoms with van der Waals surface area (Å²) in [5.74, 6) is -0.402. The van der Waals surface area contributed by atoms with E-state index >= 15 is 0 Å². The second-order valence-electron chi connectivity index (χ2n) is 11.5. The molecule has 42 heavy (non-hydrogen) atoms. The second-order valence-corrected chi connectivity index (χ2v) is 11.5. The minimum Gasteiger partial charge on any atom is -0.454 e. The first-order chi connectivity index (χ1) is 20.3. The average molecular weight is 585 g/mol. The fraction of sp³-hybridized carbons (Fsp3) is 0.559. The van der Waals surface area contributed by atoms with E-state index in [1.54, 1.807) is 27.9 Å². The fourth-order valence-electron chi connectivity index (χ4n) is 4.49. The van der Waals surface area contributed by atoms with Gasteiger partial charge >= 0.3 is 5.97 Å². The number of aliphatic hydroxyl groups is 1. The normalized spacial score (nSPS) is 22.8. The highest BCUT2D eigenvalue weighted by Gasteiger charge is 2.50. The molecule has 5 atom stereocenters. The second kappa shape index (κ2) is 18.2. The van der Waals surface area contributed by atoms with Gasteiger partial charge in [-0.05, 0) is 57.6 Å². The smallest absolute Gasteiger partial charge is 0.311 e. The molecule has 8 heteroatoms. The first-order valence-electron chi connectivity index (χ1n) is 14.9. The number of esters is 1. The van der Waals surface area contributed by atoms with Crippen molar-refractivity contribution in [3.8, 4) is 0 Å². The molecule has 0 spiro atoms. The maximum absolute atomic E-state index is 13.2. The van der Waals surface area contributed by atoms with Gasteiger partial charge in [0.2, 0.25) is 0 Å². The van der Waals surface area contributed by atoms with Gasteiger partial charge in [-0.15, -0.1) is 0 Å². The highest BCUT2D eigenvalue weighted by molar-refractivity contribution is 5.75. The van der Waals surface area contributed by atoms with Crippen LogP contribution in [0.1, 0.15) is 57.6 Å². The summed E-state index contributed by atoms with van der Waals surface area (Å²) in [4.78, 5) is 13.2. The van der Waals surface area contributed by atoms with Crippen molar-refractivity contribution in [2.75, 3.05) is 26.9 Å². The molecule has 1 aliphatic heterocycles. The molecule has 0 amide bonds. The minimum absolute atomic E-state index is 0.263. The van der Waals surface area contributed by atoms with Crippen LogP contribution in [-0.4, -0.2) is 68.7 Å². The first-order valence-corrected chi connectivity index (χ1v) is 14.9. The lowest BCUT2D eigenvalue weighted by Crippen LogP contribution is -2.62. The largest absolute Gasteiger partial charge is 0.454 e. The molecule has 1 heterocycles. The summed E-state index contributed by atoms with van der Waals surface area (Å²) in [7, 11) is 1.71. The number of benzene rings is 2. The first kappa shape index (κ1) is 33.9. The Balaban J connectivity index is 1.79. The molecule has 2 aromatic carbocycles. The van der Waals surface area contributed by atoms with Crippen molar-refractivity contribution in [3.05, 3.63) is 83.9 Å². The van der Waals surface area contributed by atoms with Crippen molar-refractivity contribution in [2.45, 2.75) is 90.4 Å². The summed E-state index contributed by atoms with van der Waals surface area (Å²) >= 11 is 0. The molecule has 8 nitrogen and oxygen atoms in total. The Morgan fingerprint density at radius 3 is 1.88 bits per heavy atom. The van der Waals surface area contributed by atoms with Crippen LogP contribution < -0.4 is 0 Å². The number of carbonyl (C=O) groups excluding carboxylic acids is 1. The Bertz CT molecular complexity index is 1040. The van der Waals surface area contributed by atoms with Crippen LogP contribution in [0.3, 0.4) is 0 Å². The SMILES string of the molecule is COCCC/C=C\CCCO[C@@H]1OC(CO)[C@H](OCc2ccccc2)[C@H](OCc2ccccc2)C1OC(=O)C(C)(C)C. The molecule has 3 rings (SSSR count). The van der Waals surface area contributed by atoms with E-state index in [0.29, 0.717) is 6.61 Å². The number of ether oxygens (including phenoxy) is 6. The van der Waals surface area contributed by atoms with Gasteiger partial charge < -0.3 is 33.5 Å². The highest BCUT2D eigenvalue weighted by atomic mass is 16.7. The van der Waals surface area contributed by atoms with Gasteiger partial charge in [0, 0.05) is 13.7 Å². The molecule has 0 aromatic heterocycles. The number of unbranched alkanes of at least 4 members (excludes halogenated alkanes) is 2. The van der Waals surface area contributed by atoms with E-state index in [-0.39, 0.29) is 19.8 Å². The average Bonchev–Trinajstić information content (AvgIpc) is 2.99. The molecule has 232 valence electrons. The standard InChI is InChI=1S/C34H48O8/c1-34(2,3)33(36)42-31-30(40-25-27-19-13-10-14-20-27)29(39-24-26-17-11-9-12-18-26)28(23-35)41-32(31)38-22-16-8-6-5-7-15-21-37-4/h5-6,9-14,17-20,28-32,35H,7-8,15-16,21-25H2,1-4H3/b6-5-/t28?,29-,30-,31?,32+/m0/s1. The number of hydrogen-bond donors (Lipinski definition) is 1. The van der Waals surface area contributed by atoms with Crippen molar-refractivity contribution in [1.29, 1.82) is 0 Å². The van der Waals surface area contributed by atoms with Crippen molar-refractivity contribution >= 4 is 5.97 Å². The van der Waals surface area contributed by atoms with E-state index < -0.39 is 42.1 Å². The lowest BCUT2D eigenvalue weighted by atomic mass is 9.95. The van der Waals surface area contributed by atoms with Gasteiger partial charge in [-0.3, -0.25) is 4.79 Å². The molecular weight excluding hydrogens is 536 g/mol. The van der Waals surface area contributed by atoms with Gasteiger partial charge in [0.15, 0.2) is 12.4 Å². The third kappa shape index (κ3) is 11.2. The van der Waals surface area contributed by atoms with Crippen LogP contribution in [0, 0.1) is 5.41 Å². The highest BCUT2D eigenvalue weighted by Crippen LogP contribution is 2.32. The van der Waals surface area contributed by atoms with E-state index in [0.717, 1.165) is 43.4 Å². The number of allylic oxidation sites excluding steroid dienone is 2. The van der Waals surface area contributed by atoms with Gasteiger partial charge in [0.05, 0.1) is 31.8 Å². The van der Waals surface area contributed by atoms with E-state index in [2.05, 4.69) is 12.2 Å². The Morgan fingerprint density at radius 1 is 0.810 bits per heavy atom. The number of methoxy groups -OCH3 is 1. The van der Waals surface area contributed by atoms with Crippen LogP contribution in [0.5, 0.6) is 0 Å². The van der Waals surface area contributed by atoms with Crippen LogP contribution in [0.25, 0.3) is 0 Å². The molecular formula is C34H48O8. The Labute approximate surface area is 250 Å². The zero-order valence-electron chi connectivity index (χ0n) is 25.5. The molecule has 0 radical (unpaired) electrons. The van der Waals surface area contributed by atoms with Crippen molar-refractivity contribution in [3.63, 3.8) is 0 Å². The number of aliphatic hydroxyl groups excluding tert-OH is 1. The zero-order valence-corrected chi connectivity index (χ0v) is 25.5. The molecule has 0 saturated carbocycles. The van der Waals surface area contributed by atoms with Gasteiger partial charge in [-0.1, -0.05) is 72.8 Å². The summed E-state index contributed by atoms with van der Waals surface area (Å²) in [6, 6.07) is 19.5. The van der Waals surface area contributed by atoms with Crippen molar-refractivity contribution < 1.29 is 38.3 Å². The number of rotatable bonds is 17. The summed E-state index contributed by atoms with van der Waals surface area (Å²) < 4.78 is 36.4. The molecule has 0 bridgehead atoms. The molecule has 1 fully saturated rings. The van der Waals surface area contributed by atoms with Crippen LogP contribution in [0.2, 0.25) is 0 Å². The van der Waals surface area contributed by atoms with Gasteiger partial charge in [0.1, 0.15) is 18.3 Å². The molecule has 1 N–H and O–H groups in total. The van der Waals surface area contributed by atoms with Gasteiger partial charge in [-0.25, -0.2) is 0 Å². The quantitative estimate of drug-likeness (QED) is 0.146. The minimum atomic E-state index is -0.934. The topological polar surface area (TPSA) is 92.7 Å². The summed E-state index contributed by atoms with van der Waals surface area (Å²) in [6.45, 7) is 6.76. The molecule has 0 aliphatic carbocycles. The van der Waals surface area contributed by atoms with E-state index in [9.17, 15) is 9.90 Å². The zero-order chi connectivity index (χ0) is 30.2. The predicted molar refractivity (Wildman–Crippen MR) is 161 cm³/mol. The maximum atomic E-state index is 13.2. The van der Waals surface area contributed by atoms with Crippen LogP contribution in [0.4, 0.5) is 0 Å². The van der Waals surface area contributed by atoms with Crippen LogP contribution in [0.15, 0.2) is 72.8 Å². The number of carbonyl (C=O) groups is 1. The Kier molecular flexibility index (Phi) is 14.7. The fourth-order valence-corrected chi connectivity index (χ4v) is 4.49. The Morgan fingerprint density at radius 2 is 1.36 bits per heavy atom. The van der Waals surface area contributed by atoms with Gasteiger partial charge in [0.25, 0.3) is 0 Å². The predicted octanol–water partition coefficient (Wildman–Crippen LogP) is 5.61.